The summed E-state index contributed by atoms with van der Waals surface area (Å²) in [5.41, 5.74) is -0.0743. The molecule has 0 unspecified atom stereocenters. The normalized spacial score (nSPS) is 10.2. The Bertz CT molecular complexity index is 706. The highest BCUT2D eigenvalue weighted by Crippen LogP contribution is 2.23. The van der Waals surface area contributed by atoms with Crippen LogP contribution < -0.4 is 4.74 Å². The van der Waals surface area contributed by atoms with Crippen LogP contribution in [0.15, 0.2) is 48.5 Å². The highest BCUT2D eigenvalue weighted by Gasteiger charge is 2.19. The molecule has 1 amide bonds. The predicted molar refractivity (Wildman–Crippen MR) is 87.0 cm³/mol. The Morgan fingerprint density at radius 2 is 1.96 bits per heavy atom. The quantitative estimate of drug-likeness (QED) is 0.599. The summed E-state index contributed by atoms with van der Waals surface area (Å²) in [7, 11) is 1.59. The summed E-state index contributed by atoms with van der Waals surface area (Å²) in [6.07, 6.45) is 0. The van der Waals surface area contributed by atoms with Crippen LogP contribution >= 0.6 is 11.6 Å². The van der Waals surface area contributed by atoms with Crippen LogP contribution in [-0.4, -0.2) is 35.9 Å². The molecule has 0 saturated heterocycles. The molecule has 0 saturated carbocycles. The molecule has 2 aromatic carbocycles. The highest BCUT2D eigenvalue weighted by molar-refractivity contribution is 6.33. The number of hydrogen-bond donors (Lipinski definition) is 0. The van der Waals surface area contributed by atoms with E-state index in [0.29, 0.717) is 18.9 Å². The van der Waals surface area contributed by atoms with Crippen LogP contribution in [0.25, 0.3) is 0 Å². The SMILES string of the molecule is CN(CCOc1ccccc1)C(=O)c1cc([N+](=O)[O-])ccc1Cl. The van der Waals surface area contributed by atoms with Gasteiger partial charge in [0.05, 0.1) is 22.1 Å². The Balaban J connectivity index is 1.99. The smallest absolute Gasteiger partial charge is 0.270 e. The van der Waals surface area contributed by atoms with Gasteiger partial charge in [0.2, 0.25) is 0 Å². The summed E-state index contributed by atoms with van der Waals surface area (Å²) in [4.78, 5) is 24.0. The number of non-ortho nitro benzene ring substituents is 1. The number of amides is 1. The summed E-state index contributed by atoms with van der Waals surface area (Å²) in [5.74, 6) is 0.317. The van der Waals surface area contributed by atoms with E-state index in [1.54, 1.807) is 7.05 Å². The second-order valence-electron chi connectivity index (χ2n) is 4.81. The molecule has 0 aliphatic carbocycles. The van der Waals surface area contributed by atoms with Gasteiger partial charge in [0.25, 0.3) is 11.6 Å². The maximum atomic E-state index is 12.3. The molecule has 0 spiro atoms. The second-order valence-corrected chi connectivity index (χ2v) is 5.22. The number of nitro benzene ring substituents is 1. The number of nitrogens with zero attached hydrogens (tertiary/aromatic N) is 2. The summed E-state index contributed by atoms with van der Waals surface area (Å²) in [5, 5.41) is 11.0. The van der Waals surface area contributed by atoms with Gasteiger partial charge in [-0.05, 0) is 18.2 Å². The third-order valence-corrected chi connectivity index (χ3v) is 3.51. The van der Waals surface area contributed by atoms with Crippen molar-refractivity contribution in [2.24, 2.45) is 0 Å². The summed E-state index contributed by atoms with van der Waals surface area (Å²) >= 11 is 5.97. The molecule has 0 fully saturated rings. The fraction of sp³-hybridized carbons (Fsp3) is 0.188. The second kappa shape index (κ2) is 7.60. The molecule has 7 heteroatoms. The van der Waals surface area contributed by atoms with E-state index in [1.807, 2.05) is 30.3 Å². The topological polar surface area (TPSA) is 72.7 Å². The van der Waals surface area contributed by atoms with Crippen LogP contribution in [0.4, 0.5) is 5.69 Å². The van der Waals surface area contributed by atoms with Gasteiger partial charge in [0.15, 0.2) is 0 Å². The number of hydrogen-bond acceptors (Lipinski definition) is 4. The first-order valence-electron chi connectivity index (χ1n) is 6.86. The Labute approximate surface area is 138 Å². The summed E-state index contributed by atoms with van der Waals surface area (Å²) in [6.45, 7) is 0.631. The maximum Gasteiger partial charge on any atom is 0.270 e. The van der Waals surface area contributed by atoms with Gasteiger partial charge in [-0.15, -0.1) is 0 Å². The number of carbonyl (C=O) groups excluding carboxylic acids is 1. The number of rotatable bonds is 6. The fourth-order valence-corrected chi connectivity index (χ4v) is 2.11. The monoisotopic (exact) mass is 334 g/mol. The number of ether oxygens (including phenoxy) is 1. The lowest BCUT2D eigenvalue weighted by molar-refractivity contribution is -0.384. The minimum absolute atomic E-state index is 0.100. The zero-order chi connectivity index (χ0) is 16.8. The molecule has 0 aromatic heterocycles. The maximum absolute atomic E-state index is 12.3. The van der Waals surface area contributed by atoms with E-state index in [-0.39, 0.29) is 16.3 Å². The minimum atomic E-state index is -0.564. The molecule has 2 rings (SSSR count). The van der Waals surface area contributed by atoms with E-state index in [0.717, 1.165) is 0 Å². The lowest BCUT2D eigenvalue weighted by atomic mass is 10.2. The van der Waals surface area contributed by atoms with Gasteiger partial charge in [0.1, 0.15) is 12.4 Å². The van der Waals surface area contributed by atoms with Gasteiger partial charge in [-0.2, -0.15) is 0 Å². The number of para-hydroxylation sites is 1. The van der Waals surface area contributed by atoms with Gasteiger partial charge in [-0.25, -0.2) is 0 Å². The molecule has 120 valence electrons. The first kappa shape index (κ1) is 16.8. The number of carbonyl (C=O) groups is 1. The zero-order valence-corrected chi connectivity index (χ0v) is 13.2. The predicted octanol–water partition coefficient (Wildman–Crippen LogP) is 3.40. The average Bonchev–Trinajstić information content (AvgIpc) is 2.55. The van der Waals surface area contributed by atoms with Crippen LogP contribution in [0.3, 0.4) is 0 Å². The van der Waals surface area contributed by atoms with Crippen LogP contribution in [0.1, 0.15) is 10.4 Å². The average molecular weight is 335 g/mol. The summed E-state index contributed by atoms with van der Waals surface area (Å²) in [6, 6.07) is 13.0. The lowest BCUT2D eigenvalue weighted by Crippen LogP contribution is -2.31. The van der Waals surface area contributed by atoms with E-state index < -0.39 is 10.8 Å². The van der Waals surface area contributed by atoms with Crippen molar-refractivity contribution in [2.75, 3.05) is 20.2 Å². The first-order chi connectivity index (χ1) is 11.0. The third kappa shape index (κ3) is 4.43. The van der Waals surface area contributed by atoms with E-state index in [4.69, 9.17) is 16.3 Å². The molecule has 2 aromatic rings. The van der Waals surface area contributed by atoms with Crippen molar-refractivity contribution in [2.45, 2.75) is 0 Å². The molecule has 0 aliphatic rings. The number of nitro groups is 1. The van der Waals surface area contributed by atoms with Crippen molar-refractivity contribution in [3.05, 3.63) is 69.2 Å². The van der Waals surface area contributed by atoms with Crippen LogP contribution in [0, 0.1) is 10.1 Å². The highest BCUT2D eigenvalue weighted by atomic mass is 35.5. The van der Waals surface area contributed by atoms with Gasteiger partial charge < -0.3 is 9.64 Å². The third-order valence-electron chi connectivity index (χ3n) is 3.18. The van der Waals surface area contributed by atoms with Crippen LogP contribution in [-0.2, 0) is 0 Å². The van der Waals surface area contributed by atoms with Crippen molar-refractivity contribution < 1.29 is 14.5 Å². The number of benzene rings is 2. The van der Waals surface area contributed by atoms with Gasteiger partial charge in [-0.1, -0.05) is 29.8 Å². The van der Waals surface area contributed by atoms with Crippen LogP contribution in [0.5, 0.6) is 5.75 Å². The van der Waals surface area contributed by atoms with Gasteiger partial charge in [-0.3, -0.25) is 14.9 Å². The molecule has 0 heterocycles. The Morgan fingerprint density at radius 3 is 2.61 bits per heavy atom. The number of halogens is 1. The molecule has 23 heavy (non-hydrogen) atoms. The van der Waals surface area contributed by atoms with E-state index in [9.17, 15) is 14.9 Å². The van der Waals surface area contributed by atoms with Crippen LogP contribution in [0.2, 0.25) is 5.02 Å². The molecule has 0 radical (unpaired) electrons. The Kier molecular flexibility index (Phi) is 5.54. The van der Waals surface area contributed by atoms with Crippen molar-refractivity contribution in [1.29, 1.82) is 0 Å². The van der Waals surface area contributed by atoms with E-state index >= 15 is 0 Å². The molecule has 6 nitrogen and oxygen atoms in total. The Hall–Kier alpha value is -2.60. The van der Waals surface area contributed by atoms with E-state index in [2.05, 4.69) is 0 Å². The van der Waals surface area contributed by atoms with Gasteiger partial charge >= 0.3 is 0 Å². The standard InChI is InChI=1S/C16H15ClN2O4/c1-18(9-10-23-13-5-3-2-4-6-13)16(20)14-11-12(19(21)22)7-8-15(14)17/h2-8,11H,9-10H2,1H3. The molecule has 0 aliphatic heterocycles. The molecule has 0 bridgehead atoms. The number of likely N-dealkylation sites (N-methyl/N-ethyl adjacent to an activating group) is 1. The molecular formula is C16H15ClN2O4. The van der Waals surface area contributed by atoms with E-state index in [1.165, 1.54) is 23.1 Å². The lowest BCUT2D eigenvalue weighted by Gasteiger charge is -2.18. The Morgan fingerprint density at radius 1 is 1.26 bits per heavy atom. The van der Waals surface area contributed by atoms with Crippen molar-refractivity contribution in [1.82, 2.24) is 4.90 Å². The molecular weight excluding hydrogens is 320 g/mol. The largest absolute Gasteiger partial charge is 0.492 e. The molecule has 0 atom stereocenters. The molecule has 0 N–H and O–H groups in total. The first-order valence-corrected chi connectivity index (χ1v) is 7.24. The van der Waals surface area contributed by atoms with Crippen molar-refractivity contribution >= 4 is 23.2 Å². The fourth-order valence-electron chi connectivity index (χ4n) is 1.92. The van der Waals surface area contributed by atoms with Crippen molar-refractivity contribution in [3.8, 4) is 5.75 Å². The minimum Gasteiger partial charge on any atom is -0.492 e. The zero-order valence-electron chi connectivity index (χ0n) is 12.4. The van der Waals surface area contributed by atoms with Gasteiger partial charge in [0, 0.05) is 19.2 Å². The summed E-state index contributed by atoms with van der Waals surface area (Å²) < 4.78 is 5.52. The van der Waals surface area contributed by atoms with Crippen molar-refractivity contribution in [3.63, 3.8) is 0 Å².